The van der Waals surface area contributed by atoms with Crippen LogP contribution in [0, 0.1) is 13.8 Å². The molecule has 2 aromatic carbocycles. The summed E-state index contributed by atoms with van der Waals surface area (Å²) in [6.45, 7) is 9.17. The van der Waals surface area contributed by atoms with Crippen LogP contribution in [-0.4, -0.2) is 25.9 Å². The summed E-state index contributed by atoms with van der Waals surface area (Å²) in [7, 11) is 0. The van der Waals surface area contributed by atoms with Gasteiger partial charge in [-0.05, 0) is 63.1 Å². The molecule has 0 saturated heterocycles. The Morgan fingerprint density at radius 3 is 2.43 bits per heavy atom. The van der Waals surface area contributed by atoms with E-state index >= 15 is 0 Å². The van der Waals surface area contributed by atoms with E-state index in [1.807, 2.05) is 74.7 Å². The number of aromatic nitrogens is 3. The third-order valence-corrected chi connectivity index (χ3v) is 6.12. The molecule has 0 saturated carbocycles. The van der Waals surface area contributed by atoms with Crippen LogP contribution in [0.2, 0.25) is 5.02 Å². The molecule has 0 aliphatic rings. The van der Waals surface area contributed by atoms with Crippen molar-refractivity contribution in [1.29, 1.82) is 0 Å². The number of hydrogen-bond acceptors (Lipinski definition) is 5. The number of thioether (sulfide) groups is 1. The van der Waals surface area contributed by atoms with E-state index in [1.54, 1.807) is 0 Å². The third kappa shape index (κ3) is 5.34. The average Bonchev–Trinajstić information content (AvgIpc) is 3.11. The van der Waals surface area contributed by atoms with E-state index in [9.17, 15) is 4.79 Å². The molecule has 0 bridgehead atoms. The minimum Gasteiger partial charge on any atom is -0.378 e. The van der Waals surface area contributed by atoms with Crippen molar-refractivity contribution in [2.24, 2.45) is 0 Å². The second kappa shape index (κ2) is 10.00. The molecule has 0 spiro atoms. The van der Waals surface area contributed by atoms with Gasteiger partial charge in [-0.1, -0.05) is 41.6 Å². The zero-order chi connectivity index (χ0) is 21.7. The number of carbonyl (C=O) groups is 1. The number of halogens is 1. The van der Waals surface area contributed by atoms with Crippen LogP contribution in [0.3, 0.4) is 0 Å². The SMILES string of the molecule is CCn1c(CNc2ccc(Cl)cc2)nnc1SC(C)C(=O)Nc1c(C)cccc1C. The first-order valence-corrected chi connectivity index (χ1v) is 11.1. The van der Waals surface area contributed by atoms with Crippen LogP contribution in [0.25, 0.3) is 0 Å². The highest BCUT2D eigenvalue weighted by Crippen LogP contribution is 2.26. The van der Waals surface area contributed by atoms with E-state index in [0.29, 0.717) is 11.6 Å². The second-order valence-electron chi connectivity index (χ2n) is 7.02. The molecular formula is C22H26ClN5OS. The summed E-state index contributed by atoms with van der Waals surface area (Å²) < 4.78 is 2.02. The minimum atomic E-state index is -0.310. The van der Waals surface area contributed by atoms with E-state index in [4.69, 9.17) is 11.6 Å². The number of amides is 1. The molecule has 2 N–H and O–H groups in total. The van der Waals surface area contributed by atoms with E-state index in [0.717, 1.165) is 40.0 Å². The Morgan fingerprint density at radius 2 is 1.80 bits per heavy atom. The lowest BCUT2D eigenvalue weighted by Crippen LogP contribution is -2.24. The second-order valence-corrected chi connectivity index (χ2v) is 8.76. The molecule has 6 nitrogen and oxygen atoms in total. The number of hydrogen-bond donors (Lipinski definition) is 2. The van der Waals surface area contributed by atoms with Crippen LogP contribution in [0.4, 0.5) is 11.4 Å². The number of para-hydroxylation sites is 1. The molecule has 0 aliphatic heterocycles. The molecule has 1 atom stereocenters. The fraction of sp³-hybridized carbons (Fsp3) is 0.318. The molecule has 0 fully saturated rings. The molecule has 1 heterocycles. The van der Waals surface area contributed by atoms with Gasteiger partial charge in [-0.2, -0.15) is 0 Å². The van der Waals surface area contributed by atoms with Crippen LogP contribution < -0.4 is 10.6 Å². The highest BCUT2D eigenvalue weighted by Gasteiger charge is 2.20. The maximum atomic E-state index is 12.8. The first-order chi connectivity index (χ1) is 14.4. The Kier molecular flexibility index (Phi) is 7.39. The zero-order valence-electron chi connectivity index (χ0n) is 17.6. The van der Waals surface area contributed by atoms with Crippen molar-refractivity contribution in [3.63, 3.8) is 0 Å². The van der Waals surface area contributed by atoms with Gasteiger partial charge in [-0.3, -0.25) is 4.79 Å². The van der Waals surface area contributed by atoms with Crippen LogP contribution in [-0.2, 0) is 17.9 Å². The van der Waals surface area contributed by atoms with E-state index in [2.05, 4.69) is 20.8 Å². The molecular weight excluding hydrogens is 418 g/mol. The topological polar surface area (TPSA) is 71.8 Å². The van der Waals surface area contributed by atoms with Crippen molar-refractivity contribution in [3.8, 4) is 0 Å². The van der Waals surface area contributed by atoms with Crippen LogP contribution in [0.5, 0.6) is 0 Å². The first kappa shape index (κ1) is 22.2. The molecule has 158 valence electrons. The lowest BCUT2D eigenvalue weighted by atomic mass is 10.1. The summed E-state index contributed by atoms with van der Waals surface area (Å²) >= 11 is 7.34. The standard InChI is InChI=1S/C22H26ClN5OS/c1-5-28-19(13-24-18-11-9-17(23)10-12-18)26-27-22(28)30-16(4)21(29)25-20-14(2)7-6-8-15(20)3/h6-12,16,24H,5,13H2,1-4H3,(H,25,29). The van der Waals surface area contributed by atoms with Crippen molar-refractivity contribution in [2.75, 3.05) is 10.6 Å². The normalized spacial score (nSPS) is 11.9. The maximum Gasteiger partial charge on any atom is 0.237 e. The number of rotatable bonds is 8. The zero-order valence-corrected chi connectivity index (χ0v) is 19.1. The lowest BCUT2D eigenvalue weighted by molar-refractivity contribution is -0.115. The molecule has 1 amide bonds. The summed E-state index contributed by atoms with van der Waals surface area (Å²) in [6, 6.07) is 13.5. The molecule has 3 aromatic rings. The van der Waals surface area contributed by atoms with Crippen molar-refractivity contribution >= 4 is 40.6 Å². The lowest BCUT2D eigenvalue weighted by Gasteiger charge is -2.15. The number of benzene rings is 2. The molecule has 1 unspecified atom stereocenters. The molecule has 0 radical (unpaired) electrons. The van der Waals surface area contributed by atoms with Gasteiger partial charge in [0, 0.05) is 22.9 Å². The Hall–Kier alpha value is -2.51. The summed E-state index contributed by atoms with van der Waals surface area (Å²) in [5.74, 6) is 0.765. The van der Waals surface area contributed by atoms with Gasteiger partial charge in [0.25, 0.3) is 0 Å². The number of carbonyl (C=O) groups excluding carboxylic acids is 1. The average molecular weight is 444 g/mol. The molecule has 3 rings (SSSR count). The first-order valence-electron chi connectivity index (χ1n) is 9.84. The van der Waals surface area contributed by atoms with Crippen LogP contribution in [0.15, 0.2) is 47.6 Å². The Balaban J connectivity index is 1.65. The van der Waals surface area contributed by atoms with Gasteiger partial charge in [0.2, 0.25) is 5.91 Å². The predicted molar refractivity (Wildman–Crippen MR) is 124 cm³/mol. The number of nitrogens with zero attached hydrogens (tertiary/aromatic N) is 3. The smallest absolute Gasteiger partial charge is 0.237 e. The van der Waals surface area contributed by atoms with E-state index in [1.165, 1.54) is 11.8 Å². The fourth-order valence-electron chi connectivity index (χ4n) is 3.05. The summed E-state index contributed by atoms with van der Waals surface area (Å²) in [5, 5.41) is 16.1. The largest absolute Gasteiger partial charge is 0.378 e. The molecule has 8 heteroatoms. The molecule has 0 aliphatic carbocycles. The summed E-state index contributed by atoms with van der Waals surface area (Å²) in [4.78, 5) is 12.8. The van der Waals surface area contributed by atoms with Gasteiger partial charge in [0.15, 0.2) is 11.0 Å². The maximum absolute atomic E-state index is 12.8. The van der Waals surface area contributed by atoms with E-state index in [-0.39, 0.29) is 11.2 Å². The van der Waals surface area contributed by atoms with Crippen LogP contribution >= 0.6 is 23.4 Å². The third-order valence-electron chi connectivity index (χ3n) is 4.79. The van der Waals surface area contributed by atoms with Crippen LogP contribution in [0.1, 0.15) is 30.8 Å². The van der Waals surface area contributed by atoms with Gasteiger partial charge < -0.3 is 15.2 Å². The molecule has 1 aromatic heterocycles. The van der Waals surface area contributed by atoms with Gasteiger partial charge in [-0.25, -0.2) is 0 Å². The van der Waals surface area contributed by atoms with Gasteiger partial charge in [0.1, 0.15) is 0 Å². The predicted octanol–water partition coefficient (Wildman–Crippen LogP) is 5.30. The number of aryl methyl sites for hydroxylation is 2. The number of anilines is 2. The summed E-state index contributed by atoms with van der Waals surface area (Å²) in [5.41, 5.74) is 3.93. The van der Waals surface area contributed by atoms with Crippen molar-refractivity contribution < 1.29 is 4.79 Å². The quantitative estimate of drug-likeness (QED) is 0.462. The Morgan fingerprint density at radius 1 is 1.13 bits per heavy atom. The summed E-state index contributed by atoms with van der Waals surface area (Å²) in [6.07, 6.45) is 0. The van der Waals surface area contributed by atoms with E-state index < -0.39 is 0 Å². The van der Waals surface area contributed by atoms with Gasteiger partial charge in [-0.15, -0.1) is 10.2 Å². The van der Waals surface area contributed by atoms with Crippen molar-refractivity contribution in [2.45, 2.75) is 51.2 Å². The highest BCUT2D eigenvalue weighted by atomic mass is 35.5. The highest BCUT2D eigenvalue weighted by molar-refractivity contribution is 8.00. The van der Waals surface area contributed by atoms with Gasteiger partial charge in [0.05, 0.1) is 11.8 Å². The van der Waals surface area contributed by atoms with Crippen molar-refractivity contribution in [1.82, 2.24) is 14.8 Å². The Labute approximate surface area is 186 Å². The number of nitrogens with one attached hydrogen (secondary N) is 2. The molecule has 30 heavy (non-hydrogen) atoms. The van der Waals surface area contributed by atoms with Crippen molar-refractivity contribution in [3.05, 3.63) is 64.4 Å². The monoisotopic (exact) mass is 443 g/mol. The minimum absolute atomic E-state index is 0.0520. The van der Waals surface area contributed by atoms with Gasteiger partial charge >= 0.3 is 0 Å². The Bertz CT molecular complexity index is 999. The fourth-order valence-corrected chi connectivity index (χ4v) is 4.11.